The van der Waals surface area contributed by atoms with E-state index in [0.717, 1.165) is 28.8 Å². The fourth-order valence-electron chi connectivity index (χ4n) is 8.03. The SMILES string of the molecule is COC(=O)c1cc(-c2ccc(C)cc2)cc2[n+]1CC[n+]1ccc3ccccc3c1-c1cccc3c1C(Cc1ccccc1-2)[n+]1ccccc1-3. The fourth-order valence-corrected chi connectivity index (χ4v) is 8.03. The second kappa shape index (κ2) is 11.6. The van der Waals surface area contributed by atoms with Crippen molar-refractivity contribution in [2.75, 3.05) is 7.11 Å². The van der Waals surface area contributed by atoms with Crippen molar-refractivity contribution in [1.82, 2.24) is 0 Å². The van der Waals surface area contributed by atoms with Gasteiger partial charge in [-0.15, -0.1) is 0 Å². The smallest absolute Gasteiger partial charge is 0.403 e. The van der Waals surface area contributed by atoms with Crippen molar-refractivity contribution >= 4 is 16.7 Å². The van der Waals surface area contributed by atoms with Gasteiger partial charge in [0, 0.05) is 47.9 Å². The van der Waals surface area contributed by atoms with Gasteiger partial charge in [0.15, 0.2) is 18.4 Å². The van der Waals surface area contributed by atoms with E-state index >= 15 is 0 Å². The number of hydrogen-bond acceptors (Lipinski definition) is 2. The van der Waals surface area contributed by atoms with Crippen LogP contribution in [0.15, 0.2) is 140 Å². The molecule has 0 N–H and O–H groups in total. The third-order valence-electron chi connectivity index (χ3n) is 10.3. The molecule has 1 atom stereocenters. The van der Waals surface area contributed by atoms with Crippen molar-refractivity contribution < 1.29 is 23.2 Å². The highest BCUT2D eigenvalue weighted by Gasteiger charge is 2.41. The molecule has 0 saturated carbocycles. The molecule has 0 saturated heterocycles. The number of esters is 1. The Hall–Kier alpha value is -5.94. The number of carbonyl (C=O) groups is 1. The average molecular weight is 639 g/mol. The second-order valence-corrected chi connectivity index (χ2v) is 13.1. The summed E-state index contributed by atoms with van der Waals surface area (Å²) in [6.45, 7) is 3.32. The van der Waals surface area contributed by atoms with Crippen LogP contribution >= 0.6 is 0 Å². The zero-order valence-corrected chi connectivity index (χ0v) is 27.6. The van der Waals surface area contributed by atoms with E-state index in [9.17, 15) is 4.79 Å². The van der Waals surface area contributed by atoms with Gasteiger partial charge in [-0.2, -0.15) is 13.7 Å². The minimum absolute atomic E-state index is 0.0733. The number of pyridine rings is 3. The maximum Gasteiger partial charge on any atom is 0.403 e. The van der Waals surface area contributed by atoms with Gasteiger partial charge in [-0.05, 0) is 59.3 Å². The van der Waals surface area contributed by atoms with Gasteiger partial charge >= 0.3 is 5.97 Å². The van der Waals surface area contributed by atoms with Crippen molar-refractivity contribution in [1.29, 1.82) is 0 Å². The van der Waals surface area contributed by atoms with Crippen LogP contribution in [0.5, 0.6) is 0 Å². The summed E-state index contributed by atoms with van der Waals surface area (Å²) in [5.74, 6) is -0.348. The number of benzene rings is 4. The molecule has 2 aliphatic heterocycles. The van der Waals surface area contributed by atoms with E-state index in [0.29, 0.717) is 18.8 Å². The lowest BCUT2D eigenvalue weighted by atomic mass is 9.88. The monoisotopic (exact) mass is 638 g/mol. The Balaban J connectivity index is 1.37. The highest BCUT2D eigenvalue weighted by Crippen LogP contribution is 2.43. The maximum atomic E-state index is 13.7. The summed E-state index contributed by atoms with van der Waals surface area (Å²) in [5.41, 5.74) is 13.4. The number of aromatic nitrogens is 3. The molecular weight excluding hydrogens is 603 g/mol. The lowest BCUT2D eigenvalue weighted by molar-refractivity contribution is -0.769. The second-order valence-electron chi connectivity index (χ2n) is 13.1. The Morgan fingerprint density at radius 1 is 0.694 bits per heavy atom. The van der Waals surface area contributed by atoms with Crippen molar-refractivity contribution in [3.05, 3.63) is 162 Å². The van der Waals surface area contributed by atoms with Crippen LogP contribution in [0, 0.1) is 6.92 Å². The number of nitrogens with zero attached hydrogens (tertiary/aromatic N) is 3. The quantitative estimate of drug-likeness (QED) is 0.144. The highest BCUT2D eigenvalue weighted by atomic mass is 16.5. The average Bonchev–Trinajstić information content (AvgIpc) is 3.46. The van der Waals surface area contributed by atoms with Crippen molar-refractivity contribution in [2.24, 2.45) is 0 Å². The summed E-state index contributed by atoms with van der Waals surface area (Å²) < 4.78 is 12.5. The Kier molecular flexibility index (Phi) is 6.94. The normalized spacial score (nSPS) is 14.4. The first kappa shape index (κ1) is 29.2. The number of methoxy groups -OCH3 is 1. The number of carbonyl (C=O) groups excluding carboxylic acids is 1. The molecule has 7 aromatic rings. The first-order valence-corrected chi connectivity index (χ1v) is 17.0. The summed E-state index contributed by atoms with van der Waals surface area (Å²) in [6.07, 6.45) is 5.22. The van der Waals surface area contributed by atoms with Crippen LogP contribution in [0.4, 0.5) is 0 Å². The molecule has 49 heavy (non-hydrogen) atoms. The van der Waals surface area contributed by atoms with Crippen molar-refractivity contribution in [3.8, 4) is 44.9 Å². The topological polar surface area (TPSA) is 37.9 Å². The summed E-state index contributed by atoms with van der Waals surface area (Å²) in [4.78, 5) is 13.7. The molecule has 5 heteroatoms. The molecule has 9 rings (SSSR count). The lowest BCUT2D eigenvalue weighted by Gasteiger charge is -2.18. The predicted octanol–water partition coefficient (Wildman–Crippen LogP) is 7.62. The molecule has 1 unspecified atom stereocenters. The van der Waals surface area contributed by atoms with E-state index in [1.54, 1.807) is 0 Å². The number of aryl methyl sites for hydroxylation is 2. The number of fused-ring (bicyclic) bond motifs is 10. The van der Waals surface area contributed by atoms with E-state index in [-0.39, 0.29) is 12.0 Å². The Morgan fingerprint density at radius 2 is 1.47 bits per heavy atom. The highest BCUT2D eigenvalue weighted by molar-refractivity contribution is 5.95. The Morgan fingerprint density at radius 3 is 2.35 bits per heavy atom. The molecule has 0 bridgehead atoms. The molecule has 0 radical (unpaired) electrons. The van der Waals surface area contributed by atoms with E-state index < -0.39 is 0 Å². The molecule has 3 aromatic heterocycles. The van der Waals surface area contributed by atoms with Crippen LogP contribution in [0.1, 0.15) is 33.2 Å². The van der Waals surface area contributed by atoms with Crippen LogP contribution in [0.3, 0.4) is 0 Å². The van der Waals surface area contributed by atoms with Gasteiger partial charge in [0.05, 0.1) is 23.6 Å². The minimum Gasteiger partial charge on any atom is -0.461 e. The number of ether oxygens (including phenoxy) is 1. The van der Waals surface area contributed by atoms with Gasteiger partial charge in [-0.3, -0.25) is 0 Å². The molecule has 5 nitrogen and oxygen atoms in total. The molecule has 0 amide bonds. The molecule has 0 fully saturated rings. The Bertz CT molecular complexity index is 2450. The molecule has 2 aliphatic rings. The molecule has 0 aliphatic carbocycles. The number of hydrogen-bond donors (Lipinski definition) is 0. The summed E-state index contributed by atoms with van der Waals surface area (Å²) >= 11 is 0. The summed E-state index contributed by atoms with van der Waals surface area (Å²) in [5, 5.41) is 2.42. The molecule has 236 valence electrons. The first-order chi connectivity index (χ1) is 24.1. The van der Waals surface area contributed by atoms with Crippen LogP contribution in [-0.2, 0) is 24.2 Å². The van der Waals surface area contributed by atoms with Gasteiger partial charge in [-0.25, -0.2) is 4.79 Å². The van der Waals surface area contributed by atoms with Gasteiger partial charge < -0.3 is 4.74 Å². The summed E-state index contributed by atoms with van der Waals surface area (Å²) in [7, 11) is 1.47. The first-order valence-electron chi connectivity index (χ1n) is 17.0. The molecule has 5 heterocycles. The molecule has 4 aromatic carbocycles. The van der Waals surface area contributed by atoms with E-state index in [1.165, 1.54) is 57.1 Å². The van der Waals surface area contributed by atoms with Crippen LogP contribution < -0.4 is 13.7 Å². The third kappa shape index (κ3) is 4.76. The van der Waals surface area contributed by atoms with Gasteiger partial charge in [0.2, 0.25) is 30.2 Å². The van der Waals surface area contributed by atoms with Gasteiger partial charge in [-0.1, -0.05) is 72.3 Å². The molecular formula is C44H36N3O2+3. The van der Waals surface area contributed by atoms with E-state index in [4.69, 9.17) is 4.74 Å². The predicted molar refractivity (Wildman–Crippen MR) is 191 cm³/mol. The minimum atomic E-state index is -0.348. The van der Waals surface area contributed by atoms with Crippen molar-refractivity contribution in [3.63, 3.8) is 0 Å². The van der Waals surface area contributed by atoms with E-state index in [2.05, 4.69) is 154 Å². The number of rotatable bonds is 2. The maximum absolute atomic E-state index is 13.7. The standard InChI is InChI=1S/C44H36N3O2/c1-29-17-19-30(20-18-29)33-27-39-34-12-5-4-11-32(34)26-40-42-36(38-16-7-8-22-46(38)40)14-9-15-37(42)43-35-13-6-3-10-31(35)21-23-45(43)24-25-47(39)41(28-33)44(48)49-2/h3-23,27-28,40H,24-26H2,1-2H3/q+3. The van der Waals surface area contributed by atoms with Crippen LogP contribution in [0.2, 0.25) is 0 Å². The van der Waals surface area contributed by atoms with Gasteiger partial charge in [0.1, 0.15) is 0 Å². The molecule has 0 spiro atoms. The zero-order valence-electron chi connectivity index (χ0n) is 27.6. The van der Waals surface area contributed by atoms with Crippen LogP contribution in [0.25, 0.3) is 55.7 Å². The largest absolute Gasteiger partial charge is 0.461 e. The fraction of sp³-hybridized carbons (Fsp3) is 0.136. The third-order valence-corrected chi connectivity index (χ3v) is 10.3. The van der Waals surface area contributed by atoms with Crippen LogP contribution in [-0.4, -0.2) is 13.1 Å². The lowest BCUT2D eigenvalue weighted by Crippen LogP contribution is -2.50. The zero-order chi connectivity index (χ0) is 33.1. The van der Waals surface area contributed by atoms with E-state index in [1.807, 2.05) is 6.07 Å². The Labute approximate surface area is 286 Å². The summed E-state index contributed by atoms with van der Waals surface area (Å²) in [6, 6.07) is 45.7. The van der Waals surface area contributed by atoms with Gasteiger partial charge in [0.25, 0.3) is 5.69 Å². The van der Waals surface area contributed by atoms with Crippen molar-refractivity contribution in [2.45, 2.75) is 32.5 Å².